The van der Waals surface area contributed by atoms with Crippen LogP contribution in [-0.4, -0.2) is 44.6 Å². The van der Waals surface area contributed by atoms with Gasteiger partial charge in [0.25, 0.3) is 0 Å². The fourth-order valence-electron chi connectivity index (χ4n) is 3.33. The van der Waals surface area contributed by atoms with Crippen molar-refractivity contribution < 1.29 is 22.7 Å². The Morgan fingerprint density at radius 2 is 1.83 bits per heavy atom. The maximum absolute atomic E-state index is 12.7. The number of methoxy groups -OCH3 is 1. The molecule has 0 aromatic heterocycles. The molecule has 29 heavy (non-hydrogen) atoms. The van der Waals surface area contributed by atoms with E-state index in [9.17, 15) is 18.0 Å². The van der Waals surface area contributed by atoms with Crippen LogP contribution < -0.4 is 10.1 Å². The van der Waals surface area contributed by atoms with E-state index in [1.807, 2.05) is 0 Å². The Labute approximate surface area is 170 Å². The third kappa shape index (κ3) is 4.83. The van der Waals surface area contributed by atoms with Crippen LogP contribution in [0.1, 0.15) is 35.7 Å². The first-order valence-corrected chi connectivity index (χ1v) is 10.8. The molecule has 1 fully saturated rings. The number of nitrogens with one attached hydrogen (secondary N) is 1. The minimum Gasteiger partial charge on any atom is -0.496 e. The Morgan fingerprint density at radius 1 is 1.10 bits per heavy atom. The number of nitrogens with zero attached hydrogens (tertiary/aromatic N) is 1. The molecule has 0 spiro atoms. The molecule has 1 heterocycles. The quantitative estimate of drug-likeness (QED) is 0.701. The van der Waals surface area contributed by atoms with Crippen LogP contribution in [0.5, 0.6) is 5.75 Å². The molecule has 1 N–H and O–H groups in total. The fourth-order valence-corrected chi connectivity index (χ4v) is 4.89. The summed E-state index contributed by atoms with van der Waals surface area (Å²) in [7, 11) is -2.06. The highest BCUT2D eigenvalue weighted by atomic mass is 32.2. The summed E-state index contributed by atoms with van der Waals surface area (Å²) < 4.78 is 32.2. The van der Waals surface area contributed by atoms with E-state index in [-0.39, 0.29) is 23.0 Å². The van der Waals surface area contributed by atoms with Gasteiger partial charge < -0.3 is 10.1 Å². The first kappa shape index (κ1) is 21.0. The normalized spacial score (nSPS) is 14.6. The molecule has 0 aliphatic carbocycles. The van der Waals surface area contributed by atoms with Crippen LogP contribution in [-0.2, 0) is 21.2 Å². The Balaban J connectivity index is 1.76. The summed E-state index contributed by atoms with van der Waals surface area (Å²) in [5, 5.41) is 2.73. The van der Waals surface area contributed by atoms with Gasteiger partial charge in [-0.15, -0.1) is 0 Å². The Bertz CT molecular complexity index is 1030. The number of anilines is 1. The van der Waals surface area contributed by atoms with Crippen LogP contribution in [0, 0.1) is 0 Å². The number of rotatable bonds is 7. The molecule has 1 saturated heterocycles. The highest BCUT2D eigenvalue weighted by molar-refractivity contribution is 7.89. The van der Waals surface area contributed by atoms with E-state index in [0.29, 0.717) is 35.7 Å². The van der Waals surface area contributed by atoms with E-state index in [4.69, 9.17) is 4.74 Å². The van der Waals surface area contributed by atoms with E-state index in [1.165, 1.54) is 30.5 Å². The second-order valence-corrected chi connectivity index (χ2v) is 8.88. The molecule has 8 heteroatoms. The third-order valence-electron chi connectivity index (χ3n) is 4.86. The number of ketones is 1. The van der Waals surface area contributed by atoms with Crippen LogP contribution >= 0.6 is 0 Å². The van der Waals surface area contributed by atoms with Crippen molar-refractivity contribution >= 4 is 27.4 Å². The van der Waals surface area contributed by atoms with Crippen molar-refractivity contribution in [2.75, 3.05) is 25.5 Å². The zero-order valence-electron chi connectivity index (χ0n) is 16.5. The molecule has 2 aromatic rings. The molecule has 3 rings (SSSR count). The van der Waals surface area contributed by atoms with Crippen molar-refractivity contribution in [2.24, 2.45) is 0 Å². The third-order valence-corrected chi connectivity index (χ3v) is 6.75. The molecular weight excluding hydrogens is 392 g/mol. The predicted molar refractivity (Wildman–Crippen MR) is 110 cm³/mol. The number of benzene rings is 2. The lowest BCUT2D eigenvalue weighted by Crippen LogP contribution is -2.28. The summed E-state index contributed by atoms with van der Waals surface area (Å²) in [6, 6.07) is 11.2. The van der Waals surface area contributed by atoms with Gasteiger partial charge in [0, 0.05) is 29.9 Å². The second-order valence-electron chi connectivity index (χ2n) is 6.95. The molecule has 7 nitrogen and oxygen atoms in total. The van der Waals surface area contributed by atoms with Gasteiger partial charge in [-0.1, -0.05) is 6.07 Å². The van der Waals surface area contributed by atoms with Gasteiger partial charge >= 0.3 is 0 Å². The SMILES string of the molecule is COc1ccc(C(C)=O)cc1CC(=O)Nc1cccc(S(=O)(=O)N2CCCC2)c1. The van der Waals surface area contributed by atoms with Gasteiger partial charge in [0.1, 0.15) is 5.75 Å². The molecule has 1 aliphatic heterocycles. The monoisotopic (exact) mass is 416 g/mol. The van der Waals surface area contributed by atoms with E-state index < -0.39 is 10.0 Å². The van der Waals surface area contributed by atoms with Crippen molar-refractivity contribution in [3.8, 4) is 5.75 Å². The maximum atomic E-state index is 12.7. The van der Waals surface area contributed by atoms with Gasteiger partial charge in [0.15, 0.2) is 5.78 Å². The molecule has 1 aliphatic rings. The highest BCUT2D eigenvalue weighted by Gasteiger charge is 2.27. The van der Waals surface area contributed by atoms with E-state index in [0.717, 1.165) is 12.8 Å². The summed E-state index contributed by atoms with van der Waals surface area (Å²) in [5.41, 5.74) is 1.47. The van der Waals surface area contributed by atoms with E-state index in [1.54, 1.807) is 30.3 Å². The zero-order chi connectivity index (χ0) is 21.0. The number of hydrogen-bond acceptors (Lipinski definition) is 5. The first-order valence-electron chi connectivity index (χ1n) is 9.39. The van der Waals surface area contributed by atoms with Gasteiger partial charge in [0.2, 0.25) is 15.9 Å². The van der Waals surface area contributed by atoms with Crippen molar-refractivity contribution in [3.05, 3.63) is 53.6 Å². The average Bonchev–Trinajstić information content (AvgIpc) is 3.23. The topological polar surface area (TPSA) is 92.8 Å². The van der Waals surface area contributed by atoms with Gasteiger partial charge in [-0.05, 0) is 56.2 Å². The van der Waals surface area contributed by atoms with Crippen molar-refractivity contribution in [1.29, 1.82) is 0 Å². The van der Waals surface area contributed by atoms with Crippen LogP contribution in [0.3, 0.4) is 0 Å². The molecular formula is C21H24N2O5S. The maximum Gasteiger partial charge on any atom is 0.243 e. The molecule has 0 bridgehead atoms. The summed E-state index contributed by atoms with van der Waals surface area (Å²) in [6.07, 6.45) is 1.71. The zero-order valence-corrected chi connectivity index (χ0v) is 17.3. The average molecular weight is 416 g/mol. The van der Waals surface area contributed by atoms with Crippen LogP contribution in [0.15, 0.2) is 47.4 Å². The molecule has 1 amide bonds. The first-order chi connectivity index (χ1) is 13.8. The molecule has 0 unspecified atom stereocenters. The minimum absolute atomic E-state index is 0.00655. The Morgan fingerprint density at radius 3 is 2.48 bits per heavy atom. The molecule has 2 aromatic carbocycles. The van der Waals surface area contributed by atoms with Crippen molar-refractivity contribution in [2.45, 2.75) is 31.1 Å². The highest BCUT2D eigenvalue weighted by Crippen LogP contribution is 2.24. The number of hydrogen-bond donors (Lipinski definition) is 1. The van der Waals surface area contributed by atoms with Crippen LogP contribution in [0.4, 0.5) is 5.69 Å². The number of ether oxygens (including phenoxy) is 1. The van der Waals surface area contributed by atoms with Crippen molar-refractivity contribution in [1.82, 2.24) is 4.31 Å². The number of sulfonamides is 1. The van der Waals surface area contributed by atoms with Gasteiger partial charge in [-0.25, -0.2) is 8.42 Å². The molecule has 0 saturated carbocycles. The number of carbonyl (C=O) groups excluding carboxylic acids is 2. The van der Waals surface area contributed by atoms with Gasteiger partial charge in [-0.3, -0.25) is 9.59 Å². The van der Waals surface area contributed by atoms with E-state index in [2.05, 4.69) is 5.32 Å². The summed E-state index contributed by atoms with van der Waals surface area (Å²) in [6.45, 7) is 2.49. The lowest BCUT2D eigenvalue weighted by atomic mass is 10.0. The lowest BCUT2D eigenvalue weighted by Gasteiger charge is -2.16. The standard InChI is InChI=1S/C21H24N2O5S/c1-15(24)16-8-9-20(28-2)17(12-16)13-21(25)22-18-6-5-7-19(14-18)29(26,27)23-10-3-4-11-23/h5-9,12,14H,3-4,10-11,13H2,1-2H3,(H,22,25). The van der Waals surface area contributed by atoms with Crippen LogP contribution in [0.25, 0.3) is 0 Å². The van der Waals surface area contributed by atoms with E-state index >= 15 is 0 Å². The predicted octanol–water partition coefficient (Wildman–Crippen LogP) is 2.86. The summed E-state index contributed by atoms with van der Waals surface area (Å²) in [4.78, 5) is 24.3. The molecule has 154 valence electrons. The van der Waals surface area contributed by atoms with Gasteiger partial charge in [-0.2, -0.15) is 4.31 Å². The second kappa shape index (κ2) is 8.75. The largest absolute Gasteiger partial charge is 0.496 e. The number of carbonyl (C=O) groups is 2. The fraction of sp³-hybridized carbons (Fsp3) is 0.333. The Hall–Kier alpha value is -2.71. The smallest absolute Gasteiger partial charge is 0.243 e. The van der Waals surface area contributed by atoms with Gasteiger partial charge in [0.05, 0.1) is 18.4 Å². The molecule has 0 radical (unpaired) electrons. The van der Waals surface area contributed by atoms with Crippen molar-refractivity contribution in [3.63, 3.8) is 0 Å². The number of Topliss-reactive ketones (excluding diaryl/α,β-unsaturated/α-hetero) is 1. The summed E-state index contributed by atoms with van der Waals surface area (Å²) >= 11 is 0. The lowest BCUT2D eigenvalue weighted by molar-refractivity contribution is -0.115. The number of amides is 1. The minimum atomic E-state index is -3.56. The van der Waals surface area contributed by atoms with Crippen LogP contribution in [0.2, 0.25) is 0 Å². The molecule has 0 atom stereocenters. The summed E-state index contributed by atoms with van der Waals surface area (Å²) in [5.74, 6) is 0.0735. The Kier molecular flexibility index (Phi) is 6.34.